The van der Waals surface area contributed by atoms with E-state index in [0.29, 0.717) is 5.92 Å². The van der Waals surface area contributed by atoms with Gasteiger partial charge in [-0.1, -0.05) is 115 Å². The van der Waals surface area contributed by atoms with Crippen LogP contribution in [-0.4, -0.2) is 4.57 Å². The van der Waals surface area contributed by atoms with E-state index in [1.165, 1.54) is 86.6 Å². The Morgan fingerprint density at radius 1 is 0.489 bits per heavy atom. The van der Waals surface area contributed by atoms with Crippen molar-refractivity contribution in [2.24, 2.45) is 0 Å². The molecule has 0 fully saturated rings. The summed E-state index contributed by atoms with van der Waals surface area (Å²) in [6.45, 7) is 0. The second-order valence-electron chi connectivity index (χ2n) is 12.8. The normalized spacial score (nSPS) is 14.4. The molecule has 2 aromatic heterocycles. The average molecular weight is 618 g/mol. The Balaban J connectivity index is 1.12. The first-order valence-corrected chi connectivity index (χ1v) is 17.3. The van der Waals surface area contributed by atoms with Gasteiger partial charge < -0.3 is 4.57 Å². The summed E-state index contributed by atoms with van der Waals surface area (Å²) < 4.78 is 5.19. The lowest BCUT2D eigenvalue weighted by atomic mass is 9.85. The highest BCUT2D eigenvalue weighted by atomic mass is 32.1. The van der Waals surface area contributed by atoms with Crippen LogP contribution in [0.25, 0.3) is 69.9 Å². The van der Waals surface area contributed by atoms with Crippen LogP contribution < -0.4 is 0 Å². The molecule has 1 unspecified atom stereocenters. The molecule has 1 aliphatic rings. The Morgan fingerprint density at radius 2 is 1.19 bits per heavy atom. The first-order valence-electron chi connectivity index (χ1n) is 16.5. The number of benzene rings is 7. The molecule has 7 aromatic carbocycles. The Bertz CT molecular complexity index is 2640. The van der Waals surface area contributed by atoms with Crippen molar-refractivity contribution < 1.29 is 0 Å². The molecule has 0 bridgehead atoms. The number of para-hydroxylation sites is 2. The predicted octanol–water partition coefficient (Wildman–Crippen LogP) is 12.6. The molecule has 0 radical (unpaired) electrons. The van der Waals surface area contributed by atoms with Gasteiger partial charge in [0.15, 0.2) is 0 Å². The number of nitrogens with zero attached hydrogens (tertiary/aromatic N) is 1. The zero-order valence-corrected chi connectivity index (χ0v) is 26.7. The molecule has 0 N–H and O–H groups in total. The Labute approximate surface area is 278 Å². The van der Waals surface area contributed by atoms with Crippen molar-refractivity contribution in [1.82, 2.24) is 4.57 Å². The second-order valence-corrected chi connectivity index (χ2v) is 13.8. The highest BCUT2D eigenvalue weighted by Gasteiger charge is 2.26. The van der Waals surface area contributed by atoms with Crippen molar-refractivity contribution in [3.63, 3.8) is 0 Å². The second kappa shape index (κ2) is 10.6. The molecule has 0 spiro atoms. The fourth-order valence-electron chi connectivity index (χ4n) is 8.10. The lowest BCUT2D eigenvalue weighted by Crippen LogP contribution is -2.02. The Kier molecular flexibility index (Phi) is 6.00. The molecule has 1 atom stereocenters. The lowest BCUT2D eigenvalue weighted by molar-refractivity contribution is 0.731. The summed E-state index contributed by atoms with van der Waals surface area (Å²) in [5.74, 6) is 0.347. The number of aryl methyl sites for hydroxylation is 1. The molecule has 9 aromatic rings. The monoisotopic (exact) mass is 617 g/mol. The van der Waals surface area contributed by atoms with Gasteiger partial charge in [-0.25, -0.2) is 0 Å². The zero-order valence-electron chi connectivity index (χ0n) is 25.9. The van der Waals surface area contributed by atoms with E-state index in [4.69, 9.17) is 0 Å². The molecule has 0 aliphatic heterocycles. The van der Waals surface area contributed by atoms with Gasteiger partial charge in [-0.05, 0) is 94.3 Å². The van der Waals surface area contributed by atoms with Gasteiger partial charge in [-0.2, -0.15) is 0 Å². The maximum atomic E-state index is 2.45. The summed E-state index contributed by atoms with van der Waals surface area (Å²) in [4.78, 5) is 0. The molecule has 222 valence electrons. The number of rotatable bonds is 3. The van der Waals surface area contributed by atoms with Crippen LogP contribution in [0.3, 0.4) is 0 Å². The summed E-state index contributed by atoms with van der Waals surface area (Å²) >= 11 is 1.95. The highest BCUT2D eigenvalue weighted by molar-refractivity contribution is 7.26. The van der Waals surface area contributed by atoms with Gasteiger partial charge in [-0.15, -0.1) is 11.3 Å². The van der Waals surface area contributed by atoms with Crippen molar-refractivity contribution in [2.45, 2.75) is 18.8 Å². The van der Waals surface area contributed by atoms with Crippen molar-refractivity contribution in [3.8, 4) is 27.9 Å². The predicted molar refractivity (Wildman–Crippen MR) is 201 cm³/mol. The Hall–Kier alpha value is -5.44. The maximum Gasteiger partial charge on any atom is 0.0541 e. The molecule has 1 nitrogen and oxygen atoms in total. The van der Waals surface area contributed by atoms with Crippen LogP contribution in [0.5, 0.6) is 0 Å². The van der Waals surface area contributed by atoms with E-state index in [2.05, 4.69) is 162 Å². The van der Waals surface area contributed by atoms with Gasteiger partial charge in [0.2, 0.25) is 0 Å². The standard InChI is InChI=1S/C45H31NS/c1-2-11-32(12-3-1)46-42-19-8-6-15-36(42)41-28-31(24-26-43(41)46)30-22-21-29-23-25-35(33-13-4-5-14-34(33)40(29)27-30)38-17-10-18-39-37-16-7-9-20-44(37)47-45(38)39/h1-22,24,26-28,35H,23,25H2. The smallest absolute Gasteiger partial charge is 0.0541 e. The average Bonchev–Trinajstić information content (AvgIpc) is 3.63. The molecule has 2 heterocycles. The van der Waals surface area contributed by atoms with E-state index < -0.39 is 0 Å². The minimum absolute atomic E-state index is 0.347. The van der Waals surface area contributed by atoms with E-state index >= 15 is 0 Å². The van der Waals surface area contributed by atoms with Crippen LogP contribution >= 0.6 is 11.3 Å². The van der Waals surface area contributed by atoms with Crippen molar-refractivity contribution in [3.05, 3.63) is 174 Å². The molecule has 0 saturated heterocycles. The third-order valence-electron chi connectivity index (χ3n) is 10.3. The lowest BCUT2D eigenvalue weighted by Gasteiger charge is -2.19. The number of aromatic nitrogens is 1. The number of thiophene rings is 1. The van der Waals surface area contributed by atoms with Gasteiger partial charge in [0.05, 0.1) is 11.0 Å². The highest BCUT2D eigenvalue weighted by Crippen LogP contribution is 2.47. The minimum atomic E-state index is 0.347. The molecular weight excluding hydrogens is 587 g/mol. The van der Waals surface area contributed by atoms with E-state index in [0.717, 1.165) is 12.8 Å². The van der Waals surface area contributed by atoms with Crippen LogP contribution in [0.15, 0.2) is 158 Å². The zero-order chi connectivity index (χ0) is 30.9. The van der Waals surface area contributed by atoms with Crippen LogP contribution in [0, 0.1) is 0 Å². The summed E-state index contributed by atoms with van der Waals surface area (Å²) in [5.41, 5.74) is 13.3. The first kappa shape index (κ1) is 26.7. The van der Waals surface area contributed by atoms with Gasteiger partial charge in [0, 0.05) is 42.6 Å². The quantitative estimate of drug-likeness (QED) is 0.186. The molecule has 1 aliphatic carbocycles. The summed E-state index contributed by atoms with van der Waals surface area (Å²) in [5, 5.41) is 5.32. The fraction of sp³-hybridized carbons (Fsp3) is 0.0667. The molecular formula is C45H31NS. The van der Waals surface area contributed by atoms with Gasteiger partial charge in [-0.3, -0.25) is 0 Å². The van der Waals surface area contributed by atoms with Gasteiger partial charge in [0.25, 0.3) is 0 Å². The minimum Gasteiger partial charge on any atom is -0.309 e. The van der Waals surface area contributed by atoms with Gasteiger partial charge in [0.1, 0.15) is 0 Å². The Morgan fingerprint density at radius 3 is 2.13 bits per heavy atom. The largest absolute Gasteiger partial charge is 0.309 e. The van der Waals surface area contributed by atoms with E-state index in [-0.39, 0.29) is 0 Å². The SMILES string of the molecule is c1ccc(-n2c3ccccc3c3cc(-c4ccc5c(c4)-c4ccccc4C(c4cccc6c4sc4ccccc46)CC5)ccc32)cc1. The van der Waals surface area contributed by atoms with Crippen LogP contribution in [0.1, 0.15) is 29.0 Å². The fourth-order valence-corrected chi connectivity index (χ4v) is 9.37. The third kappa shape index (κ3) is 4.15. The third-order valence-corrected chi connectivity index (χ3v) is 11.5. The van der Waals surface area contributed by atoms with Gasteiger partial charge >= 0.3 is 0 Å². The maximum absolute atomic E-state index is 2.45. The van der Waals surface area contributed by atoms with Crippen molar-refractivity contribution >= 4 is 53.3 Å². The van der Waals surface area contributed by atoms with E-state index in [9.17, 15) is 0 Å². The van der Waals surface area contributed by atoms with Crippen molar-refractivity contribution in [2.75, 3.05) is 0 Å². The van der Waals surface area contributed by atoms with Crippen LogP contribution in [0.4, 0.5) is 0 Å². The topological polar surface area (TPSA) is 4.93 Å². The summed E-state index contributed by atoms with van der Waals surface area (Å²) in [6, 6.07) is 58.6. The first-order chi connectivity index (χ1) is 23.3. The summed E-state index contributed by atoms with van der Waals surface area (Å²) in [6.07, 6.45) is 2.15. The van der Waals surface area contributed by atoms with Crippen LogP contribution in [-0.2, 0) is 6.42 Å². The molecule has 2 heteroatoms. The van der Waals surface area contributed by atoms with E-state index in [1.54, 1.807) is 0 Å². The number of hydrogen-bond donors (Lipinski definition) is 0. The number of hydrogen-bond acceptors (Lipinski definition) is 1. The van der Waals surface area contributed by atoms with Crippen LogP contribution in [0.2, 0.25) is 0 Å². The van der Waals surface area contributed by atoms with Crippen molar-refractivity contribution in [1.29, 1.82) is 0 Å². The van der Waals surface area contributed by atoms with E-state index in [1.807, 2.05) is 11.3 Å². The molecule has 0 saturated carbocycles. The molecule has 0 amide bonds. The molecule has 10 rings (SSSR count). The molecule has 47 heavy (non-hydrogen) atoms. The summed E-state index contributed by atoms with van der Waals surface area (Å²) in [7, 11) is 0. The number of fused-ring (bicyclic) bond motifs is 9.